The average molecular weight is 220 g/mol. The third-order valence-electron chi connectivity index (χ3n) is 2.81. The van der Waals surface area contributed by atoms with Gasteiger partial charge in [-0.25, -0.2) is 0 Å². The number of aromatic hydroxyl groups is 1. The minimum atomic E-state index is 0.334. The van der Waals surface area contributed by atoms with Gasteiger partial charge in [0.1, 0.15) is 11.5 Å². The number of benzene rings is 1. The van der Waals surface area contributed by atoms with Gasteiger partial charge in [0.25, 0.3) is 0 Å². The Bertz CT molecular complexity index is 392. The first-order valence-electron chi connectivity index (χ1n) is 5.56. The van der Waals surface area contributed by atoms with Crippen molar-refractivity contribution in [2.45, 2.75) is 33.6 Å². The Hall–Kier alpha value is -1.44. The Labute approximate surface area is 97.6 Å². The van der Waals surface area contributed by atoms with E-state index < -0.39 is 0 Å². The number of methoxy groups -OCH3 is 1. The predicted octanol–water partition coefficient (Wildman–Crippen LogP) is 3.61. The van der Waals surface area contributed by atoms with Gasteiger partial charge in [-0.1, -0.05) is 11.6 Å². The first-order valence-corrected chi connectivity index (χ1v) is 5.56. The number of phenols is 1. The van der Waals surface area contributed by atoms with E-state index in [-0.39, 0.29) is 0 Å². The molecule has 1 aromatic rings. The summed E-state index contributed by atoms with van der Waals surface area (Å²) < 4.78 is 5.29. The number of aryl methyl sites for hydroxylation is 1. The normalized spacial score (nSPS) is 11.6. The van der Waals surface area contributed by atoms with Gasteiger partial charge in [-0.05, 0) is 51.3 Å². The molecule has 0 unspecified atom stereocenters. The molecule has 16 heavy (non-hydrogen) atoms. The second kappa shape index (κ2) is 5.59. The zero-order valence-electron chi connectivity index (χ0n) is 10.5. The Kier molecular flexibility index (Phi) is 4.41. The molecule has 0 bridgehead atoms. The summed E-state index contributed by atoms with van der Waals surface area (Å²) in [5.41, 5.74) is 3.23. The number of hydrogen-bond donors (Lipinski definition) is 1. The number of phenolic OH excluding ortho intramolecular Hbond substituents is 1. The van der Waals surface area contributed by atoms with Crippen LogP contribution in [-0.2, 0) is 6.42 Å². The summed E-state index contributed by atoms with van der Waals surface area (Å²) in [5.74, 6) is 1.11. The van der Waals surface area contributed by atoms with Crippen LogP contribution in [0.4, 0.5) is 0 Å². The molecule has 2 nitrogen and oxygen atoms in total. The first kappa shape index (κ1) is 12.6. The molecule has 1 aromatic carbocycles. The highest BCUT2D eigenvalue weighted by atomic mass is 16.5. The van der Waals surface area contributed by atoms with Crippen molar-refractivity contribution >= 4 is 0 Å². The fraction of sp³-hybridized carbons (Fsp3) is 0.429. The minimum absolute atomic E-state index is 0.334. The van der Waals surface area contributed by atoms with Crippen LogP contribution >= 0.6 is 0 Å². The molecule has 0 fully saturated rings. The molecule has 2 heteroatoms. The Balaban J connectivity index is 2.94. The van der Waals surface area contributed by atoms with Crippen LogP contribution in [0.15, 0.2) is 23.8 Å². The Morgan fingerprint density at radius 3 is 2.69 bits per heavy atom. The summed E-state index contributed by atoms with van der Waals surface area (Å²) in [7, 11) is 1.64. The lowest BCUT2D eigenvalue weighted by atomic mass is 10.0. The second-order valence-corrected chi connectivity index (χ2v) is 4.10. The maximum atomic E-state index is 9.89. The summed E-state index contributed by atoms with van der Waals surface area (Å²) >= 11 is 0. The summed E-state index contributed by atoms with van der Waals surface area (Å²) in [6.45, 7) is 6.07. The lowest BCUT2D eigenvalue weighted by Gasteiger charge is -2.11. The monoisotopic (exact) mass is 220 g/mol. The smallest absolute Gasteiger partial charge is 0.126 e. The highest BCUT2D eigenvalue weighted by Gasteiger charge is 2.09. The van der Waals surface area contributed by atoms with Gasteiger partial charge < -0.3 is 9.84 Å². The SMILES string of the molecule is C/C=C(\C)CCc1c(O)cc(C)cc1OC. The number of rotatable bonds is 4. The lowest BCUT2D eigenvalue weighted by molar-refractivity contribution is 0.399. The van der Waals surface area contributed by atoms with Crippen LogP contribution in [-0.4, -0.2) is 12.2 Å². The van der Waals surface area contributed by atoms with E-state index in [2.05, 4.69) is 13.0 Å². The van der Waals surface area contributed by atoms with Crippen molar-refractivity contribution in [2.75, 3.05) is 7.11 Å². The van der Waals surface area contributed by atoms with Gasteiger partial charge in [0.05, 0.1) is 7.11 Å². The highest BCUT2D eigenvalue weighted by molar-refractivity contribution is 5.47. The predicted molar refractivity (Wildman–Crippen MR) is 67.1 cm³/mol. The summed E-state index contributed by atoms with van der Waals surface area (Å²) in [4.78, 5) is 0. The van der Waals surface area contributed by atoms with Crippen molar-refractivity contribution < 1.29 is 9.84 Å². The van der Waals surface area contributed by atoms with Crippen molar-refractivity contribution in [3.05, 3.63) is 34.9 Å². The van der Waals surface area contributed by atoms with E-state index in [1.54, 1.807) is 13.2 Å². The van der Waals surface area contributed by atoms with Crippen LogP contribution < -0.4 is 4.74 Å². The van der Waals surface area contributed by atoms with Crippen LogP contribution in [0.2, 0.25) is 0 Å². The topological polar surface area (TPSA) is 29.5 Å². The van der Waals surface area contributed by atoms with Crippen LogP contribution in [0.3, 0.4) is 0 Å². The molecule has 0 saturated heterocycles. The molecule has 1 rings (SSSR count). The van der Waals surface area contributed by atoms with Gasteiger partial charge in [-0.15, -0.1) is 0 Å². The van der Waals surface area contributed by atoms with Crippen LogP contribution in [0.5, 0.6) is 11.5 Å². The Morgan fingerprint density at radius 1 is 1.44 bits per heavy atom. The van der Waals surface area contributed by atoms with Crippen molar-refractivity contribution in [3.63, 3.8) is 0 Å². The highest BCUT2D eigenvalue weighted by Crippen LogP contribution is 2.31. The van der Waals surface area contributed by atoms with E-state index in [0.717, 1.165) is 29.7 Å². The third kappa shape index (κ3) is 3.02. The molecule has 0 saturated carbocycles. The molecule has 0 amide bonds. The molecular weight excluding hydrogens is 200 g/mol. The van der Waals surface area contributed by atoms with Crippen molar-refractivity contribution in [2.24, 2.45) is 0 Å². The maximum absolute atomic E-state index is 9.89. The molecule has 88 valence electrons. The van der Waals surface area contributed by atoms with Crippen LogP contribution in [0, 0.1) is 6.92 Å². The Morgan fingerprint density at radius 2 is 2.12 bits per heavy atom. The molecule has 0 radical (unpaired) electrons. The third-order valence-corrected chi connectivity index (χ3v) is 2.81. The fourth-order valence-corrected chi connectivity index (χ4v) is 1.66. The molecule has 0 aliphatic rings. The second-order valence-electron chi connectivity index (χ2n) is 4.10. The zero-order chi connectivity index (χ0) is 12.1. The van der Waals surface area contributed by atoms with Gasteiger partial charge in [-0.2, -0.15) is 0 Å². The number of ether oxygens (including phenoxy) is 1. The summed E-state index contributed by atoms with van der Waals surface area (Å²) in [5, 5.41) is 9.89. The summed E-state index contributed by atoms with van der Waals surface area (Å²) in [6, 6.07) is 3.74. The van der Waals surface area contributed by atoms with E-state index in [4.69, 9.17) is 4.74 Å². The van der Waals surface area contributed by atoms with Gasteiger partial charge in [-0.3, -0.25) is 0 Å². The van der Waals surface area contributed by atoms with Gasteiger partial charge in [0.2, 0.25) is 0 Å². The first-order chi connectivity index (χ1) is 7.58. The maximum Gasteiger partial charge on any atom is 0.126 e. The molecule has 0 spiro atoms. The van der Waals surface area contributed by atoms with Gasteiger partial charge in [0.15, 0.2) is 0 Å². The van der Waals surface area contributed by atoms with E-state index >= 15 is 0 Å². The summed E-state index contributed by atoms with van der Waals surface area (Å²) in [6.07, 6.45) is 3.85. The molecule has 0 heterocycles. The molecule has 0 aliphatic carbocycles. The van der Waals surface area contributed by atoms with Crippen molar-refractivity contribution in [1.82, 2.24) is 0 Å². The van der Waals surface area contributed by atoms with Gasteiger partial charge in [0, 0.05) is 5.56 Å². The van der Waals surface area contributed by atoms with E-state index in [1.807, 2.05) is 19.9 Å². The van der Waals surface area contributed by atoms with Crippen LogP contribution in [0.1, 0.15) is 31.4 Å². The molecule has 0 aromatic heterocycles. The molecule has 0 aliphatic heterocycles. The largest absolute Gasteiger partial charge is 0.508 e. The quantitative estimate of drug-likeness (QED) is 0.785. The number of allylic oxidation sites excluding steroid dienone is 2. The van der Waals surface area contributed by atoms with Gasteiger partial charge >= 0.3 is 0 Å². The van der Waals surface area contributed by atoms with E-state index in [9.17, 15) is 5.11 Å². The minimum Gasteiger partial charge on any atom is -0.508 e. The van der Waals surface area contributed by atoms with Crippen LogP contribution in [0.25, 0.3) is 0 Å². The standard InChI is InChI=1S/C14H20O2/c1-5-10(2)6-7-12-13(15)8-11(3)9-14(12)16-4/h5,8-9,15H,6-7H2,1-4H3/b10-5+. The van der Waals surface area contributed by atoms with Crippen molar-refractivity contribution in [3.8, 4) is 11.5 Å². The molecular formula is C14H20O2. The van der Waals surface area contributed by atoms with Crippen molar-refractivity contribution in [1.29, 1.82) is 0 Å². The van der Waals surface area contributed by atoms with E-state index in [1.165, 1.54) is 5.57 Å². The van der Waals surface area contributed by atoms with E-state index in [0.29, 0.717) is 5.75 Å². The average Bonchev–Trinajstić information content (AvgIpc) is 2.26. The fourth-order valence-electron chi connectivity index (χ4n) is 1.66. The molecule has 0 atom stereocenters. The lowest BCUT2D eigenvalue weighted by Crippen LogP contribution is -1.95. The molecule has 1 N–H and O–H groups in total. The number of hydrogen-bond acceptors (Lipinski definition) is 2. The zero-order valence-corrected chi connectivity index (χ0v) is 10.5.